The predicted molar refractivity (Wildman–Crippen MR) is 87.3 cm³/mol. The summed E-state index contributed by atoms with van der Waals surface area (Å²) in [5.74, 6) is 0.766. The van der Waals surface area contributed by atoms with Crippen LogP contribution in [-0.4, -0.2) is 21.6 Å². The fourth-order valence-electron chi connectivity index (χ4n) is 2.46. The molecule has 7 heteroatoms. The summed E-state index contributed by atoms with van der Waals surface area (Å²) in [5, 5.41) is 0. The van der Waals surface area contributed by atoms with Crippen LogP contribution in [0.1, 0.15) is 21.1 Å². The van der Waals surface area contributed by atoms with Gasteiger partial charge < -0.3 is 9.30 Å². The van der Waals surface area contributed by atoms with Gasteiger partial charge in [-0.05, 0) is 25.1 Å². The van der Waals surface area contributed by atoms with Gasteiger partial charge in [-0.2, -0.15) is 13.2 Å². The summed E-state index contributed by atoms with van der Waals surface area (Å²) in [6.45, 7) is -2.33. The zero-order chi connectivity index (χ0) is 20.5. The topological polar surface area (TPSA) is 39.9 Å². The summed E-state index contributed by atoms with van der Waals surface area (Å²) < 4.78 is 68.3. The Kier molecular flexibility index (Phi) is 3.54. The average Bonchev–Trinajstić information content (AvgIpc) is 3.05. The molecule has 3 aromatic rings. The molecule has 0 saturated carbocycles. The van der Waals surface area contributed by atoms with Crippen molar-refractivity contribution in [2.75, 3.05) is 7.11 Å². The first-order valence-corrected chi connectivity index (χ1v) is 7.33. The van der Waals surface area contributed by atoms with E-state index >= 15 is 0 Å². The van der Waals surface area contributed by atoms with Gasteiger partial charge in [-0.15, -0.1) is 0 Å². The van der Waals surface area contributed by atoms with Crippen molar-refractivity contribution < 1.29 is 22.0 Å². The zero-order valence-electron chi connectivity index (χ0n) is 16.2. The van der Waals surface area contributed by atoms with Gasteiger partial charge in [0.05, 0.1) is 13.7 Å². The van der Waals surface area contributed by atoms with E-state index in [-0.39, 0.29) is 23.6 Å². The van der Waals surface area contributed by atoms with E-state index < -0.39 is 18.7 Å². The third-order valence-corrected chi connectivity index (χ3v) is 3.69. The van der Waals surface area contributed by atoms with Gasteiger partial charge in [0.15, 0.2) is 0 Å². The predicted octanol–water partition coefficient (Wildman–Crippen LogP) is 4.33. The molecular weight excluding hydrogens is 331 g/mol. The Balaban J connectivity index is 2.09. The van der Waals surface area contributed by atoms with E-state index in [1.807, 2.05) is 0 Å². The Morgan fingerprint density at radius 1 is 1.12 bits per heavy atom. The second-order valence-electron chi connectivity index (χ2n) is 5.29. The van der Waals surface area contributed by atoms with E-state index in [9.17, 15) is 13.2 Å². The van der Waals surface area contributed by atoms with Crippen LogP contribution in [0.4, 0.5) is 13.2 Å². The van der Waals surface area contributed by atoms with E-state index in [2.05, 4.69) is 9.97 Å². The number of halogens is 3. The Bertz CT molecular complexity index is 967. The molecule has 0 unspecified atom stereocenters. The molecule has 3 rings (SSSR count). The lowest BCUT2D eigenvalue weighted by Gasteiger charge is -2.13. The number of hydrogen-bond donors (Lipinski definition) is 0. The maximum Gasteiger partial charge on any atom is 0.433 e. The molecule has 0 aliphatic carbocycles. The number of hydrogen-bond acceptors (Lipinski definition) is 3. The fraction of sp³-hybridized carbons (Fsp3) is 0.222. The first-order valence-electron chi connectivity index (χ1n) is 8.83. The van der Waals surface area contributed by atoms with Crippen molar-refractivity contribution in [1.82, 2.24) is 14.5 Å². The molecule has 0 atom stereocenters. The lowest BCUT2D eigenvalue weighted by Crippen LogP contribution is -2.08. The minimum Gasteiger partial charge on any atom is -0.496 e. The number of nitrogens with zero attached hydrogens (tertiary/aromatic N) is 3. The zero-order valence-corrected chi connectivity index (χ0v) is 13.2. The van der Waals surface area contributed by atoms with Crippen molar-refractivity contribution in [1.29, 1.82) is 0 Å². The van der Waals surface area contributed by atoms with Gasteiger partial charge in [0.2, 0.25) is 0 Å². The second kappa shape index (κ2) is 6.58. The molecule has 0 fully saturated rings. The smallest absolute Gasteiger partial charge is 0.433 e. The van der Waals surface area contributed by atoms with Gasteiger partial charge in [-0.3, -0.25) is 4.98 Å². The van der Waals surface area contributed by atoms with Gasteiger partial charge in [0, 0.05) is 33.3 Å². The minimum atomic E-state index is -4.56. The molecule has 2 heterocycles. The van der Waals surface area contributed by atoms with E-state index in [4.69, 9.17) is 8.85 Å². The van der Waals surface area contributed by atoms with Gasteiger partial charge in [0.1, 0.15) is 17.3 Å². The van der Waals surface area contributed by atoms with Crippen LogP contribution < -0.4 is 4.74 Å². The molecule has 0 aliphatic rings. The number of ether oxygens (including phenoxy) is 1. The molecule has 130 valence electrons. The van der Waals surface area contributed by atoms with Crippen LogP contribution in [0.15, 0.2) is 48.8 Å². The molecule has 0 spiro atoms. The van der Waals surface area contributed by atoms with Crippen LogP contribution in [-0.2, 0) is 12.7 Å². The number of pyridine rings is 1. The normalized spacial score (nSPS) is 13.8. The molecule has 2 aromatic heterocycles. The Morgan fingerprint density at radius 3 is 2.56 bits per heavy atom. The number of aryl methyl sites for hydroxylation is 1. The van der Waals surface area contributed by atoms with Crippen molar-refractivity contribution in [3.8, 4) is 17.1 Å². The number of para-hydroxylation sites is 1. The number of aromatic nitrogens is 3. The molecule has 0 N–H and O–H groups in total. The van der Waals surface area contributed by atoms with Crippen molar-refractivity contribution in [2.24, 2.45) is 0 Å². The highest BCUT2D eigenvalue weighted by Crippen LogP contribution is 2.29. The van der Waals surface area contributed by atoms with Crippen molar-refractivity contribution in [3.05, 3.63) is 65.7 Å². The third kappa shape index (κ3) is 3.50. The Labute approximate surface area is 147 Å². The van der Waals surface area contributed by atoms with Crippen LogP contribution in [0.5, 0.6) is 5.75 Å². The summed E-state index contributed by atoms with van der Waals surface area (Å²) >= 11 is 0. The minimum absolute atomic E-state index is 0.0340. The monoisotopic (exact) mass is 350 g/mol. The maximum absolute atomic E-state index is 12.8. The van der Waals surface area contributed by atoms with Crippen LogP contribution in [0.3, 0.4) is 0 Å². The lowest BCUT2D eigenvalue weighted by molar-refractivity contribution is -0.141. The molecule has 25 heavy (non-hydrogen) atoms. The highest BCUT2D eigenvalue weighted by atomic mass is 19.4. The molecule has 0 saturated heterocycles. The van der Waals surface area contributed by atoms with Gasteiger partial charge in [-0.25, -0.2) is 4.98 Å². The average molecular weight is 350 g/mol. The summed E-state index contributed by atoms with van der Waals surface area (Å²) in [5.41, 5.74) is -0.0866. The summed E-state index contributed by atoms with van der Waals surface area (Å²) in [6.07, 6.45) is -2.32. The standard InChI is InChI=1S/C18H16F3N3O/c1-12-9-23-17(13-7-8-16(22-10-13)18(19,20)21)24(12)11-14-5-3-4-6-15(14)25-2/h3-10H,11H2,1-2H3/i1D3. The Morgan fingerprint density at radius 2 is 1.92 bits per heavy atom. The van der Waals surface area contributed by atoms with Gasteiger partial charge >= 0.3 is 6.18 Å². The van der Waals surface area contributed by atoms with E-state index in [1.165, 1.54) is 23.9 Å². The Hall–Kier alpha value is -2.83. The van der Waals surface area contributed by atoms with Crippen molar-refractivity contribution >= 4 is 0 Å². The quantitative estimate of drug-likeness (QED) is 0.703. The van der Waals surface area contributed by atoms with E-state index in [0.29, 0.717) is 11.3 Å². The lowest BCUT2D eigenvalue weighted by atomic mass is 10.2. The fourth-order valence-corrected chi connectivity index (χ4v) is 2.46. The SMILES string of the molecule is [2H]C([2H])([2H])c1cnc(-c2ccc(C(F)(F)F)nc2)n1Cc1ccccc1OC. The molecule has 0 bridgehead atoms. The number of rotatable bonds is 4. The number of alkyl halides is 3. The number of benzene rings is 1. The van der Waals surface area contributed by atoms with Crippen LogP contribution in [0.25, 0.3) is 11.4 Å². The van der Waals surface area contributed by atoms with Crippen LogP contribution in [0, 0.1) is 6.85 Å². The number of imidazole rings is 1. The molecule has 0 aliphatic heterocycles. The van der Waals surface area contributed by atoms with Crippen LogP contribution >= 0.6 is 0 Å². The highest BCUT2D eigenvalue weighted by molar-refractivity contribution is 5.55. The first kappa shape index (κ1) is 13.5. The summed E-state index contributed by atoms with van der Waals surface area (Å²) in [4.78, 5) is 7.57. The first-order chi connectivity index (χ1) is 13.1. The molecular formula is C18H16F3N3O. The maximum atomic E-state index is 12.8. The van der Waals surface area contributed by atoms with Gasteiger partial charge in [0.25, 0.3) is 0 Å². The molecule has 0 amide bonds. The third-order valence-electron chi connectivity index (χ3n) is 3.69. The van der Waals surface area contributed by atoms with Crippen molar-refractivity contribution in [2.45, 2.75) is 19.6 Å². The summed E-state index contributed by atoms with van der Waals surface area (Å²) in [7, 11) is 1.50. The van der Waals surface area contributed by atoms with E-state index in [1.54, 1.807) is 24.3 Å². The van der Waals surface area contributed by atoms with Gasteiger partial charge in [-0.1, -0.05) is 18.2 Å². The second-order valence-corrected chi connectivity index (χ2v) is 5.29. The van der Waals surface area contributed by atoms with E-state index in [0.717, 1.165) is 12.3 Å². The highest BCUT2D eigenvalue weighted by Gasteiger charge is 2.32. The summed E-state index contributed by atoms with van der Waals surface area (Å²) in [6, 6.07) is 9.13. The molecule has 0 radical (unpaired) electrons. The van der Waals surface area contributed by atoms with Crippen LogP contribution in [0.2, 0.25) is 0 Å². The molecule has 1 aromatic carbocycles. The molecule has 4 nitrogen and oxygen atoms in total. The largest absolute Gasteiger partial charge is 0.496 e. The number of methoxy groups -OCH3 is 1. The van der Waals surface area contributed by atoms with Crippen molar-refractivity contribution in [3.63, 3.8) is 0 Å².